The summed E-state index contributed by atoms with van der Waals surface area (Å²) < 4.78 is 11.0. The van der Waals surface area contributed by atoms with E-state index in [0.29, 0.717) is 24.0 Å². The van der Waals surface area contributed by atoms with Crippen LogP contribution >= 0.6 is 0 Å². The number of hydrogen-bond donors (Lipinski definition) is 1. The number of esters is 2. The van der Waals surface area contributed by atoms with Crippen molar-refractivity contribution in [3.05, 3.63) is 35.5 Å². The average Bonchev–Trinajstić information content (AvgIpc) is 2.85. The Morgan fingerprint density at radius 1 is 1.50 bits per heavy atom. The molecule has 1 N–H and O–H groups in total. The Hall–Kier alpha value is -2.21. The Morgan fingerprint density at radius 2 is 2.23 bits per heavy atom. The lowest BCUT2D eigenvalue weighted by Gasteiger charge is -2.27. The van der Waals surface area contributed by atoms with Gasteiger partial charge in [-0.25, -0.2) is 4.79 Å². The second kappa shape index (κ2) is 8.94. The van der Waals surface area contributed by atoms with Crippen LogP contribution in [0, 0.1) is 11.8 Å². The van der Waals surface area contributed by atoms with E-state index in [2.05, 4.69) is 6.58 Å². The van der Waals surface area contributed by atoms with Crippen LogP contribution in [0.15, 0.2) is 35.5 Å². The Labute approximate surface area is 153 Å². The first-order valence-electron chi connectivity index (χ1n) is 8.89. The normalized spacial score (nSPS) is 30.5. The van der Waals surface area contributed by atoms with E-state index in [1.165, 1.54) is 0 Å². The van der Waals surface area contributed by atoms with Crippen molar-refractivity contribution in [1.82, 2.24) is 0 Å². The fourth-order valence-corrected chi connectivity index (χ4v) is 3.28. The van der Waals surface area contributed by atoms with Crippen molar-refractivity contribution in [2.75, 3.05) is 6.61 Å². The molecule has 1 aliphatic carbocycles. The molecule has 6 nitrogen and oxygen atoms in total. The lowest BCUT2D eigenvalue weighted by molar-refractivity contribution is -0.153. The van der Waals surface area contributed by atoms with Crippen molar-refractivity contribution in [3.63, 3.8) is 0 Å². The monoisotopic (exact) mass is 362 g/mol. The second-order valence-electron chi connectivity index (χ2n) is 7.17. The lowest BCUT2D eigenvalue weighted by Crippen LogP contribution is -2.34. The molecule has 2 rings (SSSR count). The van der Waals surface area contributed by atoms with Crippen LogP contribution in [0.4, 0.5) is 0 Å². The van der Waals surface area contributed by atoms with Crippen molar-refractivity contribution in [2.24, 2.45) is 11.8 Å². The predicted molar refractivity (Wildman–Crippen MR) is 95.0 cm³/mol. The summed E-state index contributed by atoms with van der Waals surface area (Å²) in [5.74, 6) is -1.38. The molecule has 26 heavy (non-hydrogen) atoms. The maximum absolute atomic E-state index is 12.2. The first-order valence-corrected chi connectivity index (χ1v) is 8.89. The van der Waals surface area contributed by atoms with E-state index in [1.54, 1.807) is 12.2 Å². The van der Waals surface area contributed by atoms with Crippen molar-refractivity contribution < 1.29 is 29.0 Å². The minimum absolute atomic E-state index is 0.129. The Morgan fingerprint density at radius 3 is 2.85 bits per heavy atom. The van der Waals surface area contributed by atoms with Crippen LogP contribution in [-0.2, 0) is 23.9 Å². The molecule has 0 aromatic heterocycles. The van der Waals surface area contributed by atoms with Gasteiger partial charge in [-0.1, -0.05) is 26.5 Å². The molecule has 3 unspecified atom stereocenters. The molecular formula is C20H26O6. The molecule has 0 aromatic rings. The third-order valence-electron chi connectivity index (χ3n) is 4.58. The van der Waals surface area contributed by atoms with Crippen LogP contribution in [0.1, 0.15) is 39.5 Å². The molecule has 0 spiro atoms. The number of carbonyl (C=O) groups is 3. The standard InChI is InChI=1S/C20H26O6/c1-12(2)7-18(23)25-16-8-14(10-21)5-4-6-15(11-22)9-17-19(16)13(3)20(24)26-17/h5,9-10,12,16-17,19,22H,3-4,6-8,11H2,1-2H3/b14-5+,15-9-. The van der Waals surface area contributed by atoms with E-state index in [-0.39, 0.29) is 36.9 Å². The van der Waals surface area contributed by atoms with E-state index in [4.69, 9.17) is 9.47 Å². The predicted octanol–water partition coefficient (Wildman–Crippen LogP) is 2.27. The van der Waals surface area contributed by atoms with Gasteiger partial charge in [0.05, 0.1) is 12.5 Å². The van der Waals surface area contributed by atoms with Crippen LogP contribution in [0.25, 0.3) is 0 Å². The van der Waals surface area contributed by atoms with E-state index in [1.807, 2.05) is 13.8 Å². The van der Waals surface area contributed by atoms with Gasteiger partial charge in [0.2, 0.25) is 0 Å². The van der Waals surface area contributed by atoms with Gasteiger partial charge in [0, 0.05) is 18.4 Å². The van der Waals surface area contributed by atoms with Gasteiger partial charge >= 0.3 is 11.9 Å². The summed E-state index contributed by atoms with van der Waals surface area (Å²) in [6.45, 7) is 7.45. The highest BCUT2D eigenvalue weighted by molar-refractivity contribution is 5.91. The summed E-state index contributed by atoms with van der Waals surface area (Å²) in [6.07, 6.45) is 4.40. The van der Waals surface area contributed by atoms with Crippen LogP contribution in [0.2, 0.25) is 0 Å². The highest BCUT2D eigenvalue weighted by Crippen LogP contribution is 2.36. The summed E-state index contributed by atoms with van der Waals surface area (Å²) >= 11 is 0. The number of aliphatic hydroxyl groups excluding tert-OH is 1. The van der Waals surface area contributed by atoms with Gasteiger partial charge in [-0.2, -0.15) is 0 Å². The topological polar surface area (TPSA) is 89.9 Å². The third-order valence-corrected chi connectivity index (χ3v) is 4.58. The van der Waals surface area contributed by atoms with Gasteiger partial charge < -0.3 is 14.6 Å². The number of hydrogen-bond acceptors (Lipinski definition) is 6. The molecule has 2 aliphatic rings. The highest BCUT2D eigenvalue weighted by Gasteiger charge is 2.44. The van der Waals surface area contributed by atoms with Crippen molar-refractivity contribution >= 4 is 18.2 Å². The zero-order valence-electron chi connectivity index (χ0n) is 15.3. The van der Waals surface area contributed by atoms with Crippen LogP contribution in [0.3, 0.4) is 0 Å². The molecule has 3 atom stereocenters. The molecule has 0 bridgehead atoms. The van der Waals surface area contributed by atoms with Gasteiger partial charge in [0.25, 0.3) is 0 Å². The molecule has 142 valence electrons. The molecule has 0 aromatic carbocycles. The number of rotatable bonds is 5. The van der Waals surface area contributed by atoms with Gasteiger partial charge in [0.15, 0.2) is 0 Å². The summed E-state index contributed by atoms with van der Waals surface area (Å²) in [5, 5.41) is 9.55. The van der Waals surface area contributed by atoms with E-state index >= 15 is 0 Å². The quantitative estimate of drug-likeness (QED) is 0.349. The number of carbonyl (C=O) groups excluding carboxylic acids is 3. The van der Waals surface area contributed by atoms with Gasteiger partial charge in [-0.05, 0) is 36.0 Å². The second-order valence-corrected chi connectivity index (χ2v) is 7.17. The molecular weight excluding hydrogens is 336 g/mol. The summed E-state index contributed by atoms with van der Waals surface area (Å²) in [4.78, 5) is 35.7. The Bertz CT molecular complexity index is 643. The summed E-state index contributed by atoms with van der Waals surface area (Å²) in [5.41, 5.74) is 1.42. The van der Waals surface area contributed by atoms with Crippen LogP contribution in [-0.4, -0.2) is 42.1 Å². The Balaban J connectivity index is 2.38. The minimum atomic E-state index is -0.726. The first kappa shape index (κ1) is 20.1. The van der Waals surface area contributed by atoms with Crippen molar-refractivity contribution in [1.29, 1.82) is 0 Å². The third kappa shape index (κ3) is 4.91. The SMILES string of the molecule is C=C1C(=O)OC2/C=C(\CO)CC/C=C(/C=O)CC(OC(=O)CC(C)C)C12. The molecule has 1 aliphatic heterocycles. The molecule has 0 radical (unpaired) electrons. The maximum Gasteiger partial charge on any atom is 0.334 e. The smallest absolute Gasteiger partial charge is 0.334 e. The van der Waals surface area contributed by atoms with Crippen molar-refractivity contribution in [2.45, 2.75) is 51.7 Å². The zero-order valence-corrected chi connectivity index (χ0v) is 15.3. The maximum atomic E-state index is 12.2. The molecule has 6 heteroatoms. The number of aliphatic hydroxyl groups is 1. The Kier molecular flexibility index (Phi) is 6.91. The average molecular weight is 362 g/mol. The summed E-state index contributed by atoms with van der Waals surface area (Å²) in [6, 6.07) is 0. The highest BCUT2D eigenvalue weighted by atomic mass is 16.6. The molecule has 0 saturated carbocycles. The van der Waals surface area contributed by atoms with Gasteiger partial charge in [-0.3, -0.25) is 9.59 Å². The van der Waals surface area contributed by atoms with Crippen molar-refractivity contribution in [3.8, 4) is 0 Å². The largest absolute Gasteiger partial charge is 0.461 e. The lowest BCUT2D eigenvalue weighted by atomic mass is 9.85. The fraction of sp³-hybridized carbons (Fsp3) is 0.550. The fourth-order valence-electron chi connectivity index (χ4n) is 3.28. The number of fused-ring (bicyclic) bond motifs is 1. The van der Waals surface area contributed by atoms with E-state index < -0.39 is 24.1 Å². The van der Waals surface area contributed by atoms with Crippen LogP contribution < -0.4 is 0 Å². The van der Waals surface area contributed by atoms with Gasteiger partial charge in [0.1, 0.15) is 18.5 Å². The number of ether oxygens (including phenoxy) is 2. The molecule has 1 heterocycles. The van der Waals surface area contributed by atoms with E-state index in [0.717, 1.165) is 6.29 Å². The minimum Gasteiger partial charge on any atom is -0.461 e. The zero-order chi connectivity index (χ0) is 19.3. The summed E-state index contributed by atoms with van der Waals surface area (Å²) in [7, 11) is 0. The number of allylic oxidation sites excluding steroid dienone is 1. The van der Waals surface area contributed by atoms with E-state index in [9.17, 15) is 19.5 Å². The number of aldehydes is 1. The first-order chi connectivity index (χ1) is 12.3. The van der Waals surface area contributed by atoms with Crippen LogP contribution in [0.5, 0.6) is 0 Å². The molecule has 1 fully saturated rings. The van der Waals surface area contributed by atoms with Gasteiger partial charge in [-0.15, -0.1) is 0 Å². The molecule has 0 amide bonds. The molecule has 1 saturated heterocycles.